The smallest absolute Gasteiger partial charge is 0.116 e. The molecular formula is C33H35BN2Si. The van der Waals surface area contributed by atoms with Crippen molar-refractivity contribution in [1.82, 2.24) is 9.55 Å². The molecule has 6 rings (SSSR count). The molecule has 4 aromatic carbocycles. The minimum absolute atomic E-state index is 0.0237. The van der Waals surface area contributed by atoms with E-state index in [4.69, 9.17) is 0 Å². The molecule has 1 aromatic heterocycles. The Morgan fingerprint density at radius 1 is 0.703 bits per heavy atom. The number of aromatic nitrogens is 2. The fraction of sp³-hybridized carbons (Fsp3) is 0.182. The summed E-state index contributed by atoms with van der Waals surface area (Å²) in [6.45, 7) is 0. The number of rotatable bonds is 7. The third kappa shape index (κ3) is 5.70. The van der Waals surface area contributed by atoms with Crippen molar-refractivity contribution in [2.75, 3.05) is 0 Å². The first-order valence-corrected chi connectivity index (χ1v) is 15.0. The first-order valence-electron chi connectivity index (χ1n) is 13.5. The van der Waals surface area contributed by atoms with Crippen LogP contribution in [0.3, 0.4) is 0 Å². The predicted octanol–water partition coefficient (Wildman–Crippen LogP) is 6.18. The zero-order chi connectivity index (χ0) is 25.3. The van der Waals surface area contributed by atoms with Gasteiger partial charge in [0.25, 0.3) is 0 Å². The lowest BCUT2D eigenvalue weighted by molar-refractivity contribution is 0.474. The third-order valence-corrected chi connectivity index (χ3v) is 11.0. The zero-order valence-corrected chi connectivity index (χ0v) is 23.1. The number of hydrogen-bond acceptors (Lipinski definition) is 1. The van der Waals surface area contributed by atoms with Gasteiger partial charge in [0.1, 0.15) is 7.85 Å². The van der Waals surface area contributed by atoms with Crippen LogP contribution in [0.2, 0.25) is 5.54 Å². The van der Waals surface area contributed by atoms with Gasteiger partial charge in [-0.3, -0.25) is 0 Å². The Bertz CT molecular complexity index is 1240. The lowest BCUT2D eigenvalue weighted by Crippen LogP contribution is -2.44. The molecule has 2 nitrogen and oxygen atoms in total. The first kappa shape index (κ1) is 25.0. The highest BCUT2D eigenvalue weighted by Gasteiger charge is 2.39. The van der Waals surface area contributed by atoms with Gasteiger partial charge in [-0.2, -0.15) is 0 Å². The van der Waals surface area contributed by atoms with Crippen molar-refractivity contribution in [2.45, 2.75) is 35.8 Å². The molecule has 1 aliphatic carbocycles. The summed E-state index contributed by atoms with van der Waals surface area (Å²) in [6, 6.07) is 43.2. The number of imidazole rings is 1. The quantitative estimate of drug-likeness (QED) is 0.245. The van der Waals surface area contributed by atoms with E-state index in [1.165, 1.54) is 41.5 Å². The van der Waals surface area contributed by atoms with E-state index in [2.05, 4.69) is 145 Å². The van der Waals surface area contributed by atoms with Crippen molar-refractivity contribution in [3.63, 3.8) is 0 Å². The average molecular weight is 499 g/mol. The summed E-state index contributed by atoms with van der Waals surface area (Å²) in [4.78, 5) is 4.38. The Morgan fingerprint density at radius 2 is 1.16 bits per heavy atom. The molecule has 1 aliphatic rings. The maximum Gasteiger partial charge on any atom is 0.116 e. The topological polar surface area (TPSA) is 17.8 Å². The SMILES string of the molecule is BC(c1ccccc1)c1ccccc1.c1ccc(C([SiH2]C2CCC2)(c2ccccc2)n2ccnc2)cc1. The minimum Gasteiger partial charge on any atom is -0.327 e. The lowest BCUT2D eigenvalue weighted by Gasteiger charge is -2.41. The normalized spacial score (nSPS) is 13.8. The monoisotopic (exact) mass is 498 g/mol. The molecule has 0 unspecified atom stereocenters. The van der Waals surface area contributed by atoms with E-state index >= 15 is 0 Å². The van der Waals surface area contributed by atoms with E-state index in [0.29, 0.717) is 5.82 Å². The van der Waals surface area contributed by atoms with Crippen molar-refractivity contribution in [3.8, 4) is 0 Å². The van der Waals surface area contributed by atoms with Gasteiger partial charge in [0.05, 0.1) is 21.0 Å². The second kappa shape index (κ2) is 12.1. The Hall–Kier alpha value is -3.63. The molecule has 1 fully saturated rings. The molecule has 5 aromatic rings. The van der Waals surface area contributed by atoms with Crippen LogP contribution in [0.15, 0.2) is 140 Å². The highest BCUT2D eigenvalue weighted by molar-refractivity contribution is 6.43. The van der Waals surface area contributed by atoms with Crippen molar-refractivity contribution in [1.29, 1.82) is 0 Å². The summed E-state index contributed by atoms with van der Waals surface area (Å²) in [5.41, 5.74) is 6.49. The molecule has 1 saturated carbocycles. The average Bonchev–Trinajstić information content (AvgIpc) is 3.50. The highest BCUT2D eigenvalue weighted by Crippen LogP contribution is 2.42. The van der Waals surface area contributed by atoms with Crippen molar-refractivity contribution in [3.05, 3.63) is 162 Å². The van der Waals surface area contributed by atoms with E-state index in [0.717, 1.165) is 5.54 Å². The molecule has 0 N–H and O–H groups in total. The van der Waals surface area contributed by atoms with Gasteiger partial charge in [0.15, 0.2) is 0 Å². The molecule has 0 aliphatic heterocycles. The summed E-state index contributed by atoms with van der Waals surface area (Å²) in [6.07, 6.45) is 10.3. The number of benzene rings is 4. The summed E-state index contributed by atoms with van der Waals surface area (Å²) in [5, 5.41) is -0.0237. The summed E-state index contributed by atoms with van der Waals surface area (Å²) in [7, 11) is 1.83. The molecule has 0 amide bonds. The molecule has 184 valence electrons. The van der Waals surface area contributed by atoms with Crippen LogP contribution in [0.1, 0.15) is 47.3 Å². The molecule has 4 heteroatoms. The van der Waals surface area contributed by atoms with Crippen molar-refractivity contribution in [2.24, 2.45) is 0 Å². The molecule has 0 bridgehead atoms. The molecular weight excluding hydrogens is 463 g/mol. The molecule has 1 heterocycles. The largest absolute Gasteiger partial charge is 0.327 e. The molecule has 0 spiro atoms. The van der Waals surface area contributed by atoms with Crippen LogP contribution >= 0.6 is 0 Å². The van der Waals surface area contributed by atoms with Crippen LogP contribution in [0.4, 0.5) is 0 Å². The number of hydrogen-bond donors (Lipinski definition) is 0. The summed E-state index contributed by atoms with van der Waals surface area (Å²) < 4.78 is 2.36. The van der Waals surface area contributed by atoms with E-state index < -0.39 is 9.52 Å². The molecule has 0 saturated heterocycles. The van der Waals surface area contributed by atoms with Crippen LogP contribution in [0.5, 0.6) is 0 Å². The van der Waals surface area contributed by atoms with Gasteiger partial charge in [0, 0.05) is 12.4 Å². The third-order valence-electron chi connectivity index (χ3n) is 7.86. The van der Waals surface area contributed by atoms with Crippen molar-refractivity contribution >= 4 is 17.4 Å². The Balaban J connectivity index is 0.000000171. The fourth-order valence-corrected chi connectivity index (χ4v) is 8.67. The maximum atomic E-state index is 4.38. The van der Waals surface area contributed by atoms with Gasteiger partial charge in [0.2, 0.25) is 0 Å². The van der Waals surface area contributed by atoms with E-state index in [9.17, 15) is 0 Å². The van der Waals surface area contributed by atoms with Crippen LogP contribution in [-0.2, 0) is 5.16 Å². The van der Waals surface area contributed by atoms with Crippen molar-refractivity contribution < 1.29 is 0 Å². The lowest BCUT2D eigenvalue weighted by atomic mass is 9.76. The Kier molecular flexibility index (Phi) is 8.17. The van der Waals surface area contributed by atoms with Crippen LogP contribution in [0.25, 0.3) is 0 Å². The van der Waals surface area contributed by atoms with E-state index in [1.807, 2.05) is 12.5 Å². The predicted molar refractivity (Wildman–Crippen MR) is 161 cm³/mol. The number of nitrogens with zero attached hydrogens (tertiary/aromatic N) is 2. The van der Waals surface area contributed by atoms with Gasteiger partial charge in [-0.1, -0.05) is 141 Å². The van der Waals surface area contributed by atoms with Gasteiger partial charge in [-0.25, -0.2) is 4.98 Å². The second-order valence-electron chi connectivity index (χ2n) is 10.1. The van der Waals surface area contributed by atoms with Gasteiger partial charge in [-0.15, -0.1) is 0 Å². The summed E-state index contributed by atoms with van der Waals surface area (Å²) in [5.74, 6) is 0.484. The Morgan fingerprint density at radius 3 is 1.54 bits per heavy atom. The maximum absolute atomic E-state index is 4.38. The van der Waals surface area contributed by atoms with E-state index in [1.54, 1.807) is 0 Å². The second-order valence-corrected chi connectivity index (χ2v) is 12.7. The molecule has 0 atom stereocenters. The molecule has 0 radical (unpaired) electrons. The standard InChI is InChI=1S/C20H22N2Si.C13H13B/c1-3-8-17(9-4-1)20(22-15-14-21-16-22,23-19-12-7-13-19)18-10-5-2-6-11-18;14-13(11-7-3-1-4-8-11)12-9-5-2-6-10-12/h1-6,8-11,14-16,19H,7,12-13,23H2;1-10,13H,14H2. The highest BCUT2D eigenvalue weighted by atomic mass is 28.2. The fourth-order valence-electron chi connectivity index (χ4n) is 5.51. The summed E-state index contributed by atoms with van der Waals surface area (Å²) >= 11 is 0. The van der Waals surface area contributed by atoms with Crippen LogP contribution in [-0.4, -0.2) is 26.9 Å². The Labute approximate surface area is 224 Å². The van der Waals surface area contributed by atoms with Crippen LogP contribution < -0.4 is 0 Å². The zero-order valence-electron chi connectivity index (χ0n) is 21.7. The van der Waals surface area contributed by atoms with Gasteiger partial charge >= 0.3 is 0 Å². The first-order chi connectivity index (χ1) is 18.3. The molecule has 37 heavy (non-hydrogen) atoms. The van der Waals surface area contributed by atoms with Gasteiger partial charge in [-0.05, 0) is 33.6 Å². The van der Waals surface area contributed by atoms with Gasteiger partial charge < -0.3 is 4.57 Å². The minimum atomic E-state index is -0.413. The van der Waals surface area contributed by atoms with E-state index in [-0.39, 0.29) is 5.16 Å². The van der Waals surface area contributed by atoms with Crippen LogP contribution in [0, 0.1) is 0 Å².